The number of carbonyl (C=O) groups excluding carboxylic acids is 1. The minimum absolute atomic E-state index is 0.0149. The number of aromatic nitrogens is 2. The zero-order chi connectivity index (χ0) is 13.8. The number of rotatable bonds is 5. The minimum atomic E-state index is -0.0149. The van der Waals surface area contributed by atoms with Gasteiger partial charge in [-0.1, -0.05) is 23.4 Å². The van der Waals surface area contributed by atoms with Crippen molar-refractivity contribution in [3.63, 3.8) is 0 Å². The van der Waals surface area contributed by atoms with Crippen LogP contribution in [0.15, 0.2) is 28.8 Å². The molecule has 1 N–H and O–H groups in total. The summed E-state index contributed by atoms with van der Waals surface area (Å²) in [6, 6.07) is 7.52. The molecule has 0 aliphatic rings. The van der Waals surface area contributed by atoms with Crippen molar-refractivity contribution >= 4 is 5.78 Å². The Hall–Kier alpha value is -2.01. The largest absolute Gasteiger partial charge is 0.334 e. The molecule has 0 saturated carbocycles. The van der Waals surface area contributed by atoms with Crippen LogP contribution < -0.4 is 5.32 Å². The third kappa shape index (κ3) is 3.06. The summed E-state index contributed by atoms with van der Waals surface area (Å²) in [5, 5.41) is 7.06. The molecular weight excluding hydrogens is 242 g/mol. The Morgan fingerprint density at radius 3 is 2.84 bits per heavy atom. The molecule has 1 unspecified atom stereocenters. The van der Waals surface area contributed by atoms with Crippen LogP contribution in [0.1, 0.15) is 30.0 Å². The van der Waals surface area contributed by atoms with Crippen LogP contribution in [0, 0.1) is 0 Å². The molecule has 0 aliphatic heterocycles. The maximum atomic E-state index is 11.6. The number of hydrogen-bond donors (Lipinski definition) is 1. The molecule has 0 spiro atoms. The Morgan fingerprint density at radius 2 is 2.16 bits per heavy atom. The number of benzene rings is 1. The summed E-state index contributed by atoms with van der Waals surface area (Å²) >= 11 is 0. The highest BCUT2D eigenvalue weighted by Crippen LogP contribution is 2.22. The van der Waals surface area contributed by atoms with Gasteiger partial charge in [0.15, 0.2) is 11.6 Å². The van der Waals surface area contributed by atoms with E-state index < -0.39 is 0 Å². The van der Waals surface area contributed by atoms with Gasteiger partial charge in [-0.3, -0.25) is 4.79 Å². The van der Waals surface area contributed by atoms with Crippen LogP contribution in [0.4, 0.5) is 0 Å². The normalized spacial score (nSPS) is 12.4. The fraction of sp³-hybridized carbons (Fsp3) is 0.357. The Kier molecular flexibility index (Phi) is 4.06. The maximum absolute atomic E-state index is 11.6. The van der Waals surface area contributed by atoms with Crippen LogP contribution in [0.5, 0.6) is 0 Å². The molecule has 1 aromatic carbocycles. The SMILES string of the molecule is CNC(C)Cc1noc(-c2ccccc2C(C)=O)n1. The predicted octanol–water partition coefficient (Wildman–Crippen LogP) is 2.09. The molecule has 19 heavy (non-hydrogen) atoms. The molecule has 0 saturated heterocycles. The van der Waals surface area contributed by atoms with Crippen molar-refractivity contribution in [2.45, 2.75) is 26.3 Å². The molecule has 2 rings (SSSR count). The van der Waals surface area contributed by atoms with E-state index in [4.69, 9.17) is 4.52 Å². The summed E-state index contributed by atoms with van der Waals surface area (Å²) in [7, 11) is 1.89. The van der Waals surface area contributed by atoms with E-state index in [1.807, 2.05) is 32.2 Å². The Morgan fingerprint density at radius 1 is 1.42 bits per heavy atom. The lowest BCUT2D eigenvalue weighted by molar-refractivity contribution is 0.101. The summed E-state index contributed by atoms with van der Waals surface area (Å²) in [6.45, 7) is 3.57. The quantitative estimate of drug-likeness (QED) is 0.833. The Balaban J connectivity index is 2.30. The number of ketones is 1. The highest BCUT2D eigenvalue weighted by Gasteiger charge is 2.15. The molecule has 100 valence electrons. The van der Waals surface area contributed by atoms with Crippen molar-refractivity contribution in [2.24, 2.45) is 0 Å². The molecule has 0 fully saturated rings. The molecule has 0 amide bonds. The lowest BCUT2D eigenvalue weighted by Crippen LogP contribution is -2.24. The van der Waals surface area contributed by atoms with E-state index in [0.29, 0.717) is 29.3 Å². The molecular formula is C14H17N3O2. The number of nitrogens with zero attached hydrogens (tertiary/aromatic N) is 2. The number of hydrogen-bond acceptors (Lipinski definition) is 5. The zero-order valence-corrected chi connectivity index (χ0v) is 11.3. The fourth-order valence-electron chi connectivity index (χ4n) is 1.80. The van der Waals surface area contributed by atoms with E-state index in [1.54, 1.807) is 6.07 Å². The van der Waals surface area contributed by atoms with E-state index in [0.717, 1.165) is 0 Å². The van der Waals surface area contributed by atoms with Gasteiger partial charge < -0.3 is 9.84 Å². The van der Waals surface area contributed by atoms with Gasteiger partial charge in [0.1, 0.15) is 0 Å². The van der Waals surface area contributed by atoms with E-state index >= 15 is 0 Å². The third-order valence-electron chi connectivity index (χ3n) is 2.99. The third-order valence-corrected chi connectivity index (χ3v) is 2.99. The second-order valence-corrected chi connectivity index (χ2v) is 4.51. The van der Waals surface area contributed by atoms with Crippen molar-refractivity contribution in [1.29, 1.82) is 0 Å². The van der Waals surface area contributed by atoms with Crippen molar-refractivity contribution in [3.05, 3.63) is 35.7 Å². The van der Waals surface area contributed by atoms with Gasteiger partial charge in [0.2, 0.25) is 0 Å². The van der Waals surface area contributed by atoms with Gasteiger partial charge in [0.25, 0.3) is 5.89 Å². The van der Waals surface area contributed by atoms with Crippen LogP contribution in [0.3, 0.4) is 0 Å². The standard InChI is InChI=1S/C14H17N3O2/c1-9(15-3)8-13-16-14(19-17-13)12-7-5-4-6-11(12)10(2)18/h4-7,9,15H,8H2,1-3H3. The first-order valence-electron chi connectivity index (χ1n) is 6.22. The lowest BCUT2D eigenvalue weighted by Gasteiger charge is -2.04. The number of likely N-dealkylation sites (N-methyl/N-ethyl adjacent to an activating group) is 1. The van der Waals surface area contributed by atoms with E-state index in [9.17, 15) is 4.79 Å². The van der Waals surface area contributed by atoms with E-state index in [-0.39, 0.29) is 11.8 Å². The molecule has 5 nitrogen and oxygen atoms in total. The molecule has 1 heterocycles. The summed E-state index contributed by atoms with van der Waals surface area (Å²) in [5.41, 5.74) is 1.28. The van der Waals surface area contributed by atoms with Crippen LogP contribution in [0.25, 0.3) is 11.5 Å². The van der Waals surface area contributed by atoms with Crippen molar-refractivity contribution in [1.82, 2.24) is 15.5 Å². The maximum Gasteiger partial charge on any atom is 0.258 e. The molecule has 2 aromatic rings. The Labute approximate surface area is 112 Å². The Bertz CT molecular complexity index is 578. The first-order chi connectivity index (χ1) is 9.11. The molecule has 5 heteroatoms. The van der Waals surface area contributed by atoms with Crippen molar-refractivity contribution < 1.29 is 9.32 Å². The molecule has 1 atom stereocenters. The van der Waals surface area contributed by atoms with Gasteiger partial charge in [-0.25, -0.2) is 0 Å². The van der Waals surface area contributed by atoms with Gasteiger partial charge in [-0.15, -0.1) is 0 Å². The van der Waals surface area contributed by atoms with Gasteiger partial charge in [0.05, 0.1) is 5.56 Å². The van der Waals surface area contributed by atoms with Crippen LogP contribution in [-0.2, 0) is 6.42 Å². The highest BCUT2D eigenvalue weighted by atomic mass is 16.5. The van der Waals surface area contributed by atoms with Crippen molar-refractivity contribution in [3.8, 4) is 11.5 Å². The summed E-state index contributed by atoms with van der Waals surface area (Å²) in [5.74, 6) is 1.01. The van der Waals surface area contributed by atoms with E-state index in [2.05, 4.69) is 15.5 Å². The van der Waals surface area contributed by atoms with Crippen LogP contribution >= 0.6 is 0 Å². The highest BCUT2D eigenvalue weighted by molar-refractivity contribution is 5.99. The number of carbonyl (C=O) groups is 1. The molecule has 0 bridgehead atoms. The average Bonchev–Trinajstić information content (AvgIpc) is 2.86. The molecule has 0 radical (unpaired) electrons. The molecule has 0 aliphatic carbocycles. The van der Waals surface area contributed by atoms with Gasteiger partial charge >= 0.3 is 0 Å². The summed E-state index contributed by atoms with van der Waals surface area (Å²) < 4.78 is 5.25. The summed E-state index contributed by atoms with van der Waals surface area (Å²) in [6.07, 6.45) is 0.683. The fourth-order valence-corrected chi connectivity index (χ4v) is 1.80. The van der Waals surface area contributed by atoms with Crippen LogP contribution in [-0.4, -0.2) is 29.0 Å². The number of Topliss-reactive ketones (excluding diaryl/α,β-unsaturated/α-hetero) is 1. The molecule has 1 aromatic heterocycles. The minimum Gasteiger partial charge on any atom is -0.334 e. The smallest absolute Gasteiger partial charge is 0.258 e. The second kappa shape index (κ2) is 5.75. The number of nitrogens with one attached hydrogen (secondary N) is 1. The van der Waals surface area contributed by atoms with Crippen LogP contribution in [0.2, 0.25) is 0 Å². The first-order valence-corrected chi connectivity index (χ1v) is 6.22. The predicted molar refractivity (Wildman–Crippen MR) is 72.0 cm³/mol. The lowest BCUT2D eigenvalue weighted by atomic mass is 10.0. The summed E-state index contributed by atoms with van der Waals surface area (Å²) in [4.78, 5) is 15.9. The monoisotopic (exact) mass is 259 g/mol. The topological polar surface area (TPSA) is 68.0 Å². The zero-order valence-electron chi connectivity index (χ0n) is 11.3. The van der Waals surface area contributed by atoms with Gasteiger partial charge in [-0.2, -0.15) is 4.98 Å². The van der Waals surface area contributed by atoms with E-state index in [1.165, 1.54) is 6.92 Å². The second-order valence-electron chi connectivity index (χ2n) is 4.51. The van der Waals surface area contributed by atoms with Crippen molar-refractivity contribution in [2.75, 3.05) is 7.05 Å². The van der Waals surface area contributed by atoms with Gasteiger partial charge in [0, 0.05) is 18.0 Å². The van der Waals surface area contributed by atoms with Gasteiger partial charge in [-0.05, 0) is 27.0 Å². The first kappa shape index (κ1) is 13.4. The average molecular weight is 259 g/mol.